The lowest BCUT2D eigenvalue weighted by atomic mass is 10.2. The van der Waals surface area contributed by atoms with E-state index >= 15 is 0 Å². The van der Waals surface area contributed by atoms with Gasteiger partial charge < -0.3 is 4.74 Å². The average Bonchev–Trinajstić information content (AvgIpc) is 2.63. The molecule has 0 bridgehead atoms. The third-order valence-corrected chi connectivity index (χ3v) is 2.60. The van der Waals surface area contributed by atoms with E-state index in [-0.39, 0.29) is 11.5 Å². The van der Waals surface area contributed by atoms with Gasteiger partial charge >= 0.3 is 0 Å². The number of rotatable bonds is 0. The summed E-state index contributed by atoms with van der Waals surface area (Å²) in [4.78, 5) is 0. The molecule has 2 rings (SSSR count). The van der Waals surface area contributed by atoms with Crippen molar-refractivity contribution >= 4 is 11.6 Å². The zero-order valence-electron chi connectivity index (χ0n) is 7.74. The van der Waals surface area contributed by atoms with Crippen LogP contribution in [-0.4, -0.2) is 18.1 Å². The predicted octanol–water partition coefficient (Wildman–Crippen LogP) is 2.43. The number of halogens is 1. The summed E-state index contributed by atoms with van der Waals surface area (Å²) in [5, 5.41) is 0.0474. The smallest absolute Gasteiger partial charge is 0.134 e. The Morgan fingerprint density at radius 1 is 1.29 bits per heavy atom. The van der Waals surface area contributed by atoms with Gasteiger partial charge in [0.15, 0.2) is 0 Å². The molecule has 0 amide bonds. The van der Waals surface area contributed by atoms with Crippen LogP contribution in [0.3, 0.4) is 0 Å². The highest BCUT2D eigenvalue weighted by molar-refractivity contribution is 6.21. The predicted molar refractivity (Wildman–Crippen MR) is 57.3 cm³/mol. The van der Waals surface area contributed by atoms with E-state index < -0.39 is 0 Å². The largest absolute Gasteiger partial charge is 0.364 e. The van der Waals surface area contributed by atoms with E-state index in [0.717, 1.165) is 18.6 Å². The fourth-order valence-electron chi connectivity index (χ4n) is 1.37. The fraction of sp³-hybridized carbons (Fsp3) is 0.333. The molecule has 0 spiro atoms. The first-order chi connectivity index (χ1) is 6.86. The molecule has 0 unspecified atom stereocenters. The van der Waals surface area contributed by atoms with Crippen molar-refractivity contribution in [3.8, 4) is 11.8 Å². The van der Waals surface area contributed by atoms with Gasteiger partial charge in [-0.1, -0.05) is 30.0 Å². The molecule has 1 aliphatic rings. The maximum Gasteiger partial charge on any atom is 0.134 e. The minimum Gasteiger partial charge on any atom is -0.364 e. The molecule has 1 heterocycles. The number of hydrogen-bond acceptors (Lipinski definition) is 1. The first-order valence-corrected chi connectivity index (χ1v) is 5.12. The molecule has 1 aliphatic heterocycles. The lowest BCUT2D eigenvalue weighted by molar-refractivity contribution is 0.153. The van der Waals surface area contributed by atoms with E-state index in [1.807, 2.05) is 30.3 Å². The molecular formula is C12H11ClO. The zero-order valence-corrected chi connectivity index (χ0v) is 8.50. The minimum absolute atomic E-state index is 0.0474. The van der Waals surface area contributed by atoms with Gasteiger partial charge in [-0.2, -0.15) is 0 Å². The van der Waals surface area contributed by atoms with Crippen LogP contribution in [0.15, 0.2) is 30.3 Å². The molecule has 1 nitrogen and oxygen atoms in total. The lowest BCUT2D eigenvalue weighted by Crippen LogP contribution is -2.12. The van der Waals surface area contributed by atoms with Crippen LogP contribution in [0, 0.1) is 11.8 Å². The van der Waals surface area contributed by atoms with Gasteiger partial charge in [0.1, 0.15) is 6.10 Å². The van der Waals surface area contributed by atoms with Crippen LogP contribution in [-0.2, 0) is 4.74 Å². The van der Waals surface area contributed by atoms with E-state index in [0.29, 0.717) is 0 Å². The second-order valence-corrected chi connectivity index (χ2v) is 3.79. The van der Waals surface area contributed by atoms with Gasteiger partial charge in [0.25, 0.3) is 0 Å². The molecule has 0 aliphatic carbocycles. The Kier molecular flexibility index (Phi) is 3.08. The van der Waals surface area contributed by atoms with Crippen LogP contribution in [0.25, 0.3) is 0 Å². The Morgan fingerprint density at radius 2 is 2.07 bits per heavy atom. The standard InChI is InChI=1S/C12H11ClO/c13-11-8-9-14-12(11)7-6-10-4-2-1-3-5-10/h1-5,11-12H,8-9H2/t11-,12-/m1/s1. The third-order valence-electron chi connectivity index (χ3n) is 2.15. The summed E-state index contributed by atoms with van der Waals surface area (Å²) in [7, 11) is 0. The van der Waals surface area contributed by atoms with Crippen molar-refractivity contribution in [2.75, 3.05) is 6.61 Å². The summed E-state index contributed by atoms with van der Waals surface area (Å²) in [5.41, 5.74) is 1.01. The summed E-state index contributed by atoms with van der Waals surface area (Å²) >= 11 is 6.02. The Hall–Kier alpha value is -0.970. The zero-order chi connectivity index (χ0) is 9.80. The van der Waals surface area contributed by atoms with Crippen molar-refractivity contribution in [3.05, 3.63) is 35.9 Å². The molecule has 0 aromatic heterocycles. The number of ether oxygens (including phenoxy) is 1. The van der Waals surface area contributed by atoms with Gasteiger partial charge in [-0.05, 0) is 18.6 Å². The van der Waals surface area contributed by atoms with Gasteiger partial charge in [-0.25, -0.2) is 0 Å². The maximum atomic E-state index is 6.02. The summed E-state index contributed by atoms with van der Waals surface area (Å²) in [6.07, 6.45) is 0.798. The molecule has 14 heavy (non-hydrogen) atoms. The van der Waals surface area contributed by atoms with Gasteiger partial charge in [-0.3, -0.25) is 0 Å². The summed E-state index contributed by atoms with van der Waals surface area (Å²) in [5.74, 6) is 6.10. The van der Waals surface area contributed by atoms with Crippen molar-refractivity contribution < 1.29 is 4.74 Å². The highest BCUT2D eigenvalue weighted by Crippen LogP contribution is 2.18. The van der Waals surface area contributed by atoms with Gasteiger partial charge in [0.2, 0.25) is 0 Å². The quantitative estimate of drug-likeness (QED) is 0.468. The Balaban J connectivity index is 2.07. The highest BCUT2D eigenvalue weighted by Gasteiger charge is 2.23. The molecule has 72 valence electrons. The van der Waals surface area contributed by atoms with Gasteiger partial charge in [0, 0.05) is 12.2 Å². The molecule has 2 heteroatoms. The van der Waals surface area contributed by atoms with Crippen molar-refractivity contribution in [2.24, 2.45) is 0 Å². The van der Waals surface area contributed by atoms with E-state index in [1.165, 1.54) is 0 Å². The molecule has 1 aromatic rings. The van der Waals surface area contributed by atoms with Crippen LogP contribution in [0.4, 0.5) is 0 Å². The monoisotopic (exact) mass is 206 g/mol. The number of hydrogen-bond donors (Lipinski definition) is 0. The molecule has 2 atom stereocenters. The lowest BCUT2D eigenvalue weighted by Gasteiger charge is -2.02. The fourth-order valence-corrected chi connectivity index (χ4v) is 1.60. The molecule has 0 N–H and O–H groups in total. The molecule has 0 radical (unpaired) electrons. The van der Waals surface area contributed by atoms with E-state index in [2.05, 4.69) is 11.8 Å². The molecule has 1 saturated heterocycles. The first kappa shape index (κ1) is 9.58. The van der Waals surface area contributed by atoms with Gasteiger partial charge in [-0.15, -0.1) is 11.6 Å². The molecule has 0 saturated carbocycles. The summed E-state index contributed by atoms with van der Waals surface area (Å²) in [6.45, 7) is 0.725. The Morgan fingerprint density at radius 3 is 2.71 bits per heavy atom. The molecule has 1 fully saturated rings. The second-order valence-electron chi connectivity index (χ2n) is 3.23. The van der Waals surface area contributed by atoms with Crippen LogP contribution >= 0.6 is 11.6 Å². The highest BCUT2D eigenvalue weighted by atomic mass is 35.5. The Labute approximate surface area is 89.0 Å². The van der Waals surface area contributed by atoms with Crippen LogP contribution in [0.2, 0.25) is 0 Å². The van der Waals surface area contributed by atoms with Crippen molar-refractivity contribution in [2.45, 2.75) is 17.9 Å². The first-order valence-electron chi connectivity index (χ1n) is 4.68. The van der Waals surface area contributed by atoms with Gasteiger partial charge in [0.05, 0.1) is 5.38 Å². The SMILES string of the molecule is Cl[C@@H]1CCO[C@@H]1C#Cc1ccccc1. The average molecular weight is 207 g/mol. The van der Waals surface area contributed by atoms with Crippen molar-refractivity contribution in [1.82, 2.24) is 0 Å². The normalized spacial score (nSPS) is 25.5. The maximum absolute atomic E-state index is 6.02. The third kappa shape index (κ3) is 2.29. The van der Waals surface area contributed by atoms with Crippen molar-refractivity contribution in [1.29, 1.82) is 0 Å². The minimum atomic E-state index is -0.100. The number of alkyl halides is 1. The molecule has 1 aromatic carbocycles. The Bertz CT molecular complexity index is 350. The van der Waals surface area contributed by atoms with E-state index in [1.54, 1.807) is 0 Å². The number of benzene rings is 1. The van der Waals surface area contributed by atoms with E-state index in [4.69, 9.17) is 16.3 Å². The van der Waals surface area contributed by atoms with Crippen LogP contribution in [0.1, 0.15) is 12.0 Å². The topological polar surface area (TPSA) is 9.23 Å². The second kappa shape index (κ2) is 4.50. The van der Waals surface area contributed by atoms with Crippen LogP contribution < -0.4 is 0 Å². The summed E-state index contributed by atoms with van der Waals surface area (Å²) in [6, 6.07) is 9.87. The molecular weight excluding hydrogens is 196 g/mol. The summed E-state index contributed by atoms with van der Waals surface area (Å²) < 4.78 is 5.38. The van der Waals surface area contributed by atoms with Crippen molar-refractivity contribution in [3.63, 3.8) is 0 Å². The van der Waals surface area contributed by atoms with E-state index in [9.17, 15) is 0 Å². The van der Waals surface area contributed by atoms with Crippen LogP contribution in [0.5, 0.6) is 0 Å².